The lowest BCUT2D eigenvalue weighted by Crippen LogP contribution is -2.65. The van der Waals surface area contributed by atoms with E-state index >= 15 is 0 Å². The first-order chi connectivity index (χ1) is 14.4. The molecular formula is C19H6F6N4O2. The van der Waals surface area contributed by atoms with Gasteiger partial charge in [-0.2, -0.15) is 47.4 Å². The van der Waals surface area contributed by atoms with Gasteiger partial charge < -0.3 is 9.47 Å². The SMILES string of the molecule is N#Cc1ccc(OC(Oc2ccc(C#N)c(C#N)c2)(C(F)(F)F)C(F)(F)F)cc1C#N. The van der Waals surface area contributed by atoms with Gasteiger partial charge >= 0.3 is 18.1 Å². The molecule has 0 saturated carbocycles. The summed E-state index contributed by atoms with van der Waals surface area (Å²) in [5.41, 5.74) is -1.65. The fraction of sp³-hybridized carbons (Fsp3) is 0.158. The van der Waals surface area contributed by atoms with Crippen molar-refractivity contribution in [3.63, 3.8) is 0 Å². The van der Waals surface area contributed by atoms with Crippen molar-refractivity contribution in [1.82, 2.24) is 0 Å². The summed E-state index contributed by atoms with van der Waals surface area (Å²) in [6.07, 6.45) is -12.4. The molecule has 0 radical (unpaired) electrons. The van der Waals surface area contributed by atoms with Crippen LogP contribution in [0.3, 0.4) is 0 Å². The maximum Gasteiger partial charge on any atom is 0.478 e. The second kappa shape index (κ2) is 8.14. The molecule has 0 saturated heterocycles. The number of alkyl halides is 6. The lowest BCUT2D eigenvalue weighted by Gasteiger charge is -2.36. The number of benzene rings is 2. The molecule has 2 aromatic rings. The van der Waals surface area contributed by atoms with E-state index in [9.17, 15) is 26.3 Å². The van der Waals surface area contributed by atoms with Crippen LogP contribution in [0.15, 0.2) is 36.4 Å². The van der Waals surface area contributed by atoms with Crippen LogP contribution in [0.2, 0.25) is 0 Å². The molecule has 2 aromatic carbocycles. The van der Waals surface area contributed by atoms with Crippen LogP contribution in [0.1, 0.15) is 22.3 Å². The minimum atomic E-state index is -6.19. The molecule has 0 aliphatic rings. The predicted octanol–water partition coefficient (Wildman–Crippen LogP) is 4.45. The van der Waals surface area contributed by atoms with E-state index in [4.69, 9.17) is 21.0 Å². The first-order valence-electron chi connectivity index (χ1n) is 7.82. The van der Waals surface area contributed by atoms with Gasteiger partial charge in [0.2, 0.25) is 0 Å². The standard InChI is InChI=1S/C19H6F6N4O2/c20-18(21,22)17(19(23,24)25,30-15-3-1-11(7-26)13(5-15)9-28)31-16-4-2-12(8-27)14(6-16)10-29/h1-6H. The van der Waals surface area contributed by atoms with Gasteiger partial charge in [-0.1, -0.05) is 0 Å². The maximum atomic E-state index is 13.7. The third kappa shape index (κ3) is 4.29. The molecule has 6 nitrogen and oxygen atoms in total. The van der Waals surface area contributed by atoms with Gasteiger partial charge in [0, 0.05) is 0 Å². The Labute approximate surface area is 170 Å². The van der Waals surface area contributed by atoms with Gasteiger partial charge in [-0.05, 0) is 36.4 Å². The van der Waals surface area contributed by atoms with E-state index in [0.29, 0.717) is 24.3 Å². The summed E-state index contributed by atoms with van der Waals surface area (Å²) in [6.45, 7) is 0. The number of hydrogen-bond acceptors (Lipinski definition) is 6. The van der Waals surface area contributed by atoms with Gasteiger partial charge in [0.1, 0.15) is 35.8 Å². The highest BCUT2D eigenvalue weighted by molar-refractivity contribution is 5.50. The van der Waals surface area contributed by atoms with Gasteiger partial charge in [0.25, 0.3) is 0 Å². The average molecular weight is 436 g/mol. The highest BCUT2D eigenvalue weighted by Crippen LogP contribution is 2.47. The maximum absolute atomic E-state index is 13.7. The fourth-order valence-electron chi connectivity index (χ4n) is 2.30. The Morgan fingerprint density at radius 1 is 0.548 bits per heavy atom. The lowest BCUT2D eigenvalue weighted by molar-refractivity contribution is -0.422. The van der Waals surface area contributed by atoms with Crippen molar-refractivity contribution in [2.24, 2.45) is 0 Å². The van der Waals surface area contributed by atoms with E-state index < -0.39 is 40.8 Å². The Kier molecular flexibility index (Phi) is 6.00. The zero-order valence-corrected chi connectivity index (χ0v) is 14.8. The highest BCUT2D eigenvalue weighted by Gasteiger charge is 2.77. The summed E-state index contributed by atoms with van der Waals surface area (Å²) in [6, 6.07) is 9.93. The van der Waals surface area contributed by atoms with Crippen molar-refractivity contribution < 1.29 is 35.8 Å². The molecule has 0 aliphatic heterocycles. The minimum Gasteiger partial charge on any atom is -0.438 e. The van der Waals surface area contributed by atoms with Crippen LogP contribution in [0, 0.1) is 45.3 Å². The van der Waals surface area contributed by atoms with Crippen LogP contribution in [0.4, 0.5) is 26.3 Å². The monoisotopic (exact) mass is 436 g/mol. The Bertz CT molecular complexity index is 1080. The van der Waals surface area contributed by atoms with Crippen LogP contribution < -0.4 is 9.47 Å². The third-order valence-corrected chi connectivity index (χ3v) is 3.73. The lowest BCUT2D eigenvalue weighted by atomic mass is 10.1. The molecule has 0 aromatic heterocycles. The van der Waals surface area contributed by atoms with Crippen molar-refractivity contribution in [3.8, 4) is 35.8 Å². The van der Waals surface area contributed by atoms with Crippen molar-refractivity contribution in [2.45, 2.75) is 18.1 Å². The molecule has 0 aliphatic carbocycles. The van der Waals surface area contributed by atoms with Gasteiger partial charge in [-0.15, -0.1) is 0 Å². The van der Waals surface area contributed by atoms with Gasteiger partial charge in [-0.25, -0.2) is 0 Å². The van der Waals surface area contributed by atoms with Gasteiger partial charge in [-0.3, -0.25) is 0 Å². The largest absolute Gasteiger partial charge is 0.478 e. The predicted molar refractivity (Wildman–Crippen MR) is 87.8 cm³/mol. The number of ether oxygens (including phenoxy) is 2. The van der Waals surface area contributed by atoms with Crippen LogP contribution in [0.5, 0.6) is 11.5 Å². The summed E-state index contributed by atoms with van der Waals surface area (Å²) in [7, 11) is 0. The number of halogens is 6. The normalized spacial score (nSPS) is 11.4. The van der Waals surface area contributed by atoms with E-state index in [1.54, 1.807) is 12.1 Å². The quantitative estimate of drug-likeness (QED) is 0.517. The molecule has 0 N–H and O–H groups in total. The van der Waals surface area contributed by atoms with E-state index in [0.717, 1.165) is 12.1 Å². The highest BCUT2D eigenvalue weighted by atomic mass is 19.4. The molecule has 2 rings (SSSR count). The molecule has 31 heavy (non-hydrogen) atoms. The number of nitrogens with zero attached hydrogens (tertiary/aromatic N) is 4. The topological polar surface area (TPSA) is 114 Å². The molecule has 0 unspecified atom stereocenters. The van der Waals surface area contributed by atoms with Crippen LogP contribution in [0.25, 0.3) is 0 Å². The summed E-state index contributed by atoms with van der Waals surface area (Å²) in [5, 5.41) is 35.6. The third-order valence-electron chi connectivity index (χ3n) is 3.73. The van der Waals surface area contributed by atoms with E-state index in [1.807, 2.05) is 0 Å². The molecule has 0 amide bonds. The van der Waals surface area contributed by atoms with Crippen LogP contribution in [-0.4, -0.2) is 18.1 Å². The molecule has 12 heteroatoms. The van der Waals surface area contributed by atoms with Crippen LogP contribution >= 0.6 is 0 Å². The van der Waals surface area contributed by atoms with Crippen molar-refractivity contribution >= 4 is 0 Å². The molecule has 0 spiro atoms. The fourth-order valence-corrected chi connectivity index (χ4v) is 2.30. The Hall–Kier alpha value is -4.42. The zero-order chi connectivity index (χ0) is 23.4. The smallest absolute Gasteiger partial charge is 0.438 e. The second-order valence-electron chi connectivity index (χ2n) is 5.68. The number of rotatable bonds is 4. The summed E-state index contributed by atoms with van der Waals surface area (Å²) in [4.78, 5) is 0. The van der Waals surface area contributed by atoms with E-state index in [2.05, 4.69) is 9.47 Å². The average Bonchev–Trinajstić information content (AvgIpc) is 2.71. The van der Waals surface area contributed by atoms with Crippen molar-refractivity contribution in [1.29, 1.82) is 21.0 Å². The van der Waals surface area contributed by atoms with E-state index in [-0.39, 0.29) is 11.1 Å². The van der Waals surface area contributed by atoms with Crippen LogP contribution in [-0.2, 0) is 0 Å². The van der Waals surface area contributed by atoms with Gasteiger partial charge in [0.15, 0.2) is 0 Å². The number of hydrogen-bond donors (Lipinski definition) is 0. The molecule has 0 fully saturated rings. The molecular weight excluding hydrogens is 430 g/mol. The Balaban J connectivity index is 2.67. The van der Waals surface area contributed by atoms with Crippen molar-refractivity contribution in [2.75, 3.05) is 0 Å². The molecule has 0 atom stereocenters. The summed E-state index contributed by atoms with van der Waals surface area (Å²) >= 11 is 0. The zero-order valence-electron chi connectivity index (χ0n) is 14.8. The second-order valence-corrected chi connectivity index (χ2v) is 5.68. The molecule has 156 valence electrons. The summed E-state index contributed by atoms with van der Waals surface area (Å²) in [5.74, 6) is -7.35. The minimum absolute atomic E-state index is 0.300. The first kappa shape index (κ1) is 22.9. The van der Waals surface area contributed by atoms with Gasteiger partial charge in [0.05, 0.1) is 22.3 Å². The number of nitriles is 4. The molecule has 0 heterocycles. The van der Waals surface area contributed by atoms with Crippen molar-refractivity contribution in [3.05, 3.63) is 58.7 Å². The Morgan fingerprint density at radius 3 is 1.13 bits per heavy atom. The Morgan fingerprint density at radius 2 is 0.871 bits per heavy atom. The molecule has 0 bridgehead atoms. The first-order valence-corrected chi connectivity index (χ1v) is 7.82. The van der Waals surface area contributed by atoms with E-state index in [1.165, 1.54) is 12.1 Å². The summed E-state index contributed by atoms with van der Waals surface area (Å²) < 4.78 is 90.6.